The van der Waals surface area contributed by atoms with Gasteiger partial charge < -0.3 is 10.2 Å². The van der Waals surface area contributed by atoms with Gasteiger partial charge in [0.2, 0.25) is 0 Å². The van der Waals surface area contributed by atoms with Crippen molar-refractivity contribution < 1.29 is 0 Å². The molecular formula is C21H44N4. The molecule has 0 saturated carbocycles. The molecule has 4 nitrogen and oxygen atoms in total. The first-order valence-corrected chi connectivity index (χ1v) is 10.9. The van der Waals surface area contributed by atoms with Crippen molar-refractivity contribution >= 4 is 5.96 Å². The van der Waals surface area contributed by atoms with Gasteiger partial charge in [0.25, 0.3) is 0 Å². The second kappa shape index (κ2) is 13.4. The van der Waals surface area contributed by atoms with Crippen molar-refractivity contribution in [1.82, 2.24) is 15.5 Å². The van der Waals surface area contributed by atoms with Crippen molar-refractivity contribution in [3.63, 3.8) is 0 Å². The molecular weight excluding hydrogens is 308 g/mol. The number of nitrogens with zero attached hydrogens (tertiary/aromatic N) is 2. The molecule has 0 atom stereocenters. The van der Waals surface area contributed by atoms with Gasteiger partial charge in [0.15, 0.2) is 5.96 Å². The van der Waals surface area contributed by atoms with E-state index in [9.17, 15) is 0 Å². The van der Waals surface area contributed by atoms with Gasteiger partial charge in [-0.3, -0.25) is 5.32 Å². The van der Waals surface area contributed by atoms with Crippen molar-refractivity contribution in [2.75, 3.05) is 19.8 Å². The maximum Gasteiger partial charge on any atom is 0.196 e. The topological polar surface area (TPSA) is 39.7 Å². The summed E-state index contributed by atoms with van der Waals surface area (Å²) in [6.45, 7) is 11.9. The first-order valence-electron chi connectivity index (χ1n) is 10.9. The van der Waals surface area contributed by atoms with Crippen LogP contribution in [0.15, 0.2) is 4.99 Å². The van der Waals surface area contributed by atoms with E-state index in [4.69, 9.17) is 4.99 Å². The molecule has 148 valence electrons. The molecule has 0 aromatic heterocycles. The van der Waals surface area contributed by atoms with E-state index in [2.05, 4.69) is 43.2 Å². The Morgan fingerprint density at radius 3 is 1.76 bits per heavy atom. The number of guanidine groups is 1. The first-order chi connectivity index (χ1) is 12.1. The van der Waals surface area contributed by atoms with E-state index >= 15 is 0 Å². The molecule has 0 aromatic rings. The summed E-state index contributed by atoms with van der Waals surface area (Å²) < 4.78 is 0. The van der Waals surface area contributed by atoms with Crippen LogP contribution in [0.25, 0.3) is 0 Å². The van der Waals surface area contributed by atoms with Gasteiger partial charge in [-0.15, -0.1) is 0 Å². The minimum Gasteiger partial charge on any atom is -0.343 e. The van der Waals surface area contributed by atoms with Crippen molar-refractivity contribution in [2.45, 2.75) is 110 Å². The Hall–Kier alpha value is -0.770. The molecule has 0 aromatic carbocycles. The second-order valence-electron chi connectivity index (χ2n) is 8.09. The van der Waals surface area contributed by atoms with Gasteiger partial charge in [-0.25, -0.2) is 4.99 Å². The molecule has 0 aliphatic carbocycles. The molecule has 0 fully saturated rings. The Labute approximate surface area is 157 Å². The molecule has 0 saturated heterocycles. The lowest BCUT2D eigenvalue weighted by atomic mass is 10.1. The minimum absolute atomic E-state index is 0.0580. The number of hydrogen-bond donors (Lipinski definition) is 2. The van der Waals surface area contributed by atoms with Crippen LogP contribution in [0.5, 0.6) is 0 Å². The summed E-state index contributed by atoms with van der Waals surface area (Å²) in [5.41, 5.74) is -0.0580. The standard InChI is InChI=1S/C21H44N4/c1-5-7-9-11-13-15-17-25(18-16-14-12-10-8-6-2)20-22-19-23-21(3,4)24-20/h23H,5-19H2,1-4H3,(H,22,24). The summed E-state index contributed by atoms with van der Waals surface area (Å²) >= 11 is 0. The van der Waals surface area contributed by atoms with Gasteiger partial charge in [-0.1, -0.05) is 78.1 Å². The largest absolute Gasteiger partial charge is 0.343 e. The summed E-state index contributed by atoms with van der Waals surface area (Å²) in [6.07, 6.45) is 16.2. The number of unbranched alkanes of at least 4 members (excludes halogenated alkanes) is 10. The van der Waals surface area contributed by atoms with Crippen LogP contribution < -0.4 is 10.6 Å². The smallest absolute Gasteiger partial charge is 0.196 e. The SMILES string of the molecule is CCCCCCCCN(CCCCCCCC)C1=NCNC(C)(C)N1. The predicted octanol–water partition coefficient (Wildman–Crippen LogP) is 5.25. The summed E-state index contributed by atoms with van der Waals surface area (Å²) in [5, 5.41) is 6.98. The van der Waals surface area contributed by atoms with E-state index in [0.29, 0.717) is 0 Å². The van der Waals surface area contributed by atoms with E-state index in [-0.39, 0.29) is 5.66 Å². The highest BCUT2D eigenvalue weighted by Gasteiger charge is 2.24. The van der Waals surface area contributed by atoms with Crippen molar-refractivity contribution in [1.29, 1.82) is 0 Å². The van der Waals surface area contributed by atoms with E-state index in [0.717, 1.165) is 25.7 Å². The lowest BCUT2D eigenvalue weighted by Crippen LogP contribution is -2.61. The summed E-state index contributed by atoms with van der Waals surface area (Å²) in [4.78, 5) is 7.20. The van der Waals surface area contributed by atoms with Gasteiger partial charge >= 0.3 is 0 Å². The van der Waals surface area contributed by atoms with Gasteiger partial charge in [-0.05, 0) is 26.7 Å². The predicted molar refractivity (Wildman–Crippen MR) is 111 cm³/mol. The summed E-state index contributed by atoms with van der Waals surface area (Å²) in [5.74, 6) is 1.10. The number of rotatable bonds is 14. The Morgan fingerprint density at radius 1 is 0.800 bits per heavy atom. The monoisotopic (exact) mass is 352 g/mol. The van der Waals surface area contributed by atoms with E-state index in [1.54, 1.807) is 0 Å². The van der Waals surface area contributed by atoms with Crippen LogP contribution in [0, 0.1) is 0 Å². The molecule has 0 spiro atoms. The van der Waals surface area contributed by atoms with Crippen molar-refractivity contribution in [3.05, 3.63) is 0 Å². The van der Waals surface area contributed by atoms with E-state index in [1.807, 2.05) is 0 Å². The summed E-state index contributed by atoms with van der Waals surface area (Å²) in [6, 6.07) is 0. The fourth-order valence-corrected chi connectivity index (χ4v) is 3.34. The second-order valence-corrected chi connectivity index (χ2v) is 8.09. The van der Waals surface area contributed by atoms with Crippen LogP contribution in [-0.2, 0) is 0 Å². The molecule has 1 heterocycles. The molecule has 4 heteroatoms. The van der Waals surface area contributed by atoms with Crippen LogP contribution in [0.4, 0.5) is 0 Å². The zero-order valence-electron chi connectivity index (χ0n) is 17.5. The molecule has 0 radical (unpaired) electrons. The number of nitrogens with one attached hydrogen (secondary N) is 2. The third kappa shape index (κ3) is 10.7. The normalized spacial score (nSPS) is 16.4. The van der Waals surface area contributed by atoms with Crippen LogP contribution in [0.2, 0.25) is 0 Å². The average molecular weight is 353 g/mol. The quantitative estimate of drug-likeness (QED) is 0.419. The molecule has 0 unspecified atom stereocenters. The Kier molecular flexibility index (Phi) is 12.0. The zero-order chi connectivity index (χ0) is 18.4. The van der Waals surface area contributed by atoms with Crippen LogP contribution in [-0.4, -0.2) is 36.3 Å². The lowest BCUT2D eigenvalue weighted by Gasteiger charge is -2.37. The maximum absolute atomic E-state index is 4.70. The fourth-order valence-electron chi connectivity index (χ4n) is 3.34. The Balaban J connectivity index is 2.37. The number of aliphatic imine (C=N–C) groups is 1. The number of hydrogen-bond acceptors (Lipinski definition) is 4. The average Bonchev–Trinajstić information content (AvgIpc) is 2.58. The molecule has 1 rings (SSSR count). The van der Waals surface area contributed by atoms with Gasteiger partial charge in [0.05, 0.1) is 12.3 Å². The lowest BCUT2D eigenvalue weighted by molar-refractivity contribution is 0.298. The highest BCUT2D eigenvalue weighted by Crippen LogP contribution is 2.11. The van der Waals surface area contributed by atoms with Gasteiger partial charge in [0.1, 0.15) is 0 Å². The molecule has 25 heavy (non-hydrogen) atoms. The highest BCUT2D eigenvalue weighted by molar-refractivity contribution is 5.81. The van der Waals surface area contributed by atoms with Crippen molar-refractivity contribution in [2.24, 2.45) is 4.99 Å². The third-order valence-corrected chi connectivity index (χ3v) is 5.04. The molecule has 1 aliphatic heterocycles. The van der Waals surface area contributed by atoms with Crippen LogP contribution in [0.1, 0.15) is 105 Å². The minimum atomic E-state index is -0.0580. The molecule has 0 amide bonds. The molecule has 0 bridgehead atoms. The van der Waals surface area contributed by atoms with Crippen LogP contribution >= 0.6 is 0 Å². The van der Waals surface area contributed by atoms with E-state index in [1.165, 1.54) is 77.0 Å². The third-order valence-electron chi connectivity index (χ3n) is 5.04. The van der Waals surface area contributed by atoms with Gasteiger partial charge in [-0.2, -0.15) is 0 Å². The van der Waals surface area contributed by atoms with E-state index < -0.39 is 0 Å². The highest BCUT2D eigenvalue weighted by atomic mass is 15.4. The molecule has 2 N–H and O–H groups in total. The zero-order valence-corrected chi connectivity index (χ0v) is 17.5. The Bertz CT molecular complexity index is 336. The summed E-state index contributed by atoms with van der Waals surface area (Å²) in [7, 11) is 0. The maximum atomic E-state index is 4.70. The van der Waals surface area contributed by atoms with Gasteiger partial charge in [0, 0.05) is 13.1 Å². The van der Waals surface area contributed by atoms with Crippen LogP contribution in [0.3, 0.4) is 0 Å². The Morgan fingerprint density at radius 2 is 1.28 bits per heavy atom. The first kappa shape index (κ1) is 22.3. The van der Waals surface area contributed by atoms with Crippen molar-refractivity contribution in [3.8, 4) is 0 Å². The molecule has 1 aliphatic rings. The fraction of sp³-hybridized carbons (Fsp3) is 0.952.